The maximum absolute atomic E-state index is 13.9. The summed E-state index contributed by atoms with van der Waals surface area (Å²) in [7, 11) is 0. The Labute approximate surface area is 326 Å². The van der Waals surface area contributed by atoms with Crippen molar-refractivity contribution in [1.29, 1.82) is 0 Å². The van der Waals surface area contributed by atoms with Crippen molar-refractivity contribution < 1.29 is 29.4 Å². The molecule has 0 aliphatic heterocycles. The SMILES string of the molecule is CCC(CC)N(Cc1cccc(C(=O)O)c1)Cc1cccc(C(=O)Nc2sc3c(c2C(=O)Nc2ccc(CCc4ccc(C(=O)O)cc4)cc2)CCCC3)c1. The Bertz CT molecular complexity index is 2150. The lowest BCUT2D eigenvalue weighted by Crippen LogP contribution is -2.33. The molecule has 10 heteroatoms. The van der Waals surface area contributed by atoms with E-state index in [-0.39, 0.29) is 29.0 Å². The minimum atomic E-state index is -0.951. The summed E-state index contributed by atoms with van der Waals surface area (Å²) in [5, 5.41) is 25.4. The summed E-state index contributed by atoms with van der Waals surface area (Å²) in [6.07, 6.45) is 7.09. The summed E-state index contributed by atoms with van der Waals surface area (Å²) >= 11 is 1.49. The van der Waals surface area contributed by atoms with Crippen molar-refractivity contribution in [3.8, 4) is 0 Å². The summed E-state index contributed by atoms with van der Waals surface area (Å²) in [6.45, 7) is 5.47. The molecule has 0 unspecified atom stereocenters. The van der Waals surface area contributed by atoms with Gasteiger partial charge in [-0.1, -0.05) is 62.4 Å². The molecule has 0 saturated carbocycles. The number of aromatic carboxylic acids is 2. The molecule has 55 heavy (non-hydrogen) atoms. The number of nitrogens with zero attached hydrogens (tertiary/aromatic N) is 1. The molecule has 0 radical (unpaired) electrons. The van der Waals surface area contributed by atoms with E-state index in [1.165, 1.54) is 11.3 Å². The van der Waals surface area contributed by atoms with Crippen molar-refractivity contribution in [2.75, 3.05) is 10.6 Å². The van der Waals surface area contributed by atoms with Crippen LogP contribution in [0.15, 0.2) is 97.1 Å². The van der Waals surface area contributed by atoms with Crippen LogP contribution in [0.3, 0.4) is 0 Å². The molecule has 284 valence electrons. The largest absolute Gasteiger partial charge is 0.478 e. The van der Waals surface area contributed by atoms with Gasteiger partial charge < -0.3 is 20.8 Å². The van der Waals surface area contributed by atoms with Crippen LogP contribution in [0.1, 0.15) is 114 Å². The van der Waals surface area contributed by atoms with Gasteiger partial charge in [0.2, 0.25) is 0 Å². The second-order valence-electron chi connectivity index (χ2n) is 14.1. The first-order valence-corrected chi connectivity index (χ1v) is 19.8. The number of fused-ring (bicyclic) bond motifs is 1. The Morgan fingerprint density at radius 3 is 1.82 bits per heavy atom. The average molecular weight is 758 g/mol. The number of carbonyl (C=O) groups excluding carboxylic acids is 2. The fourth-order valence-corrected chi connectivity index (χ4v) is 8.60. The number of hydrogen-bond donors (Lipinski definition) is 4. The number of amides is 2. The van der Waals surface area contributed by atoms with E-state index in [0.29, 0.717) is 34.9 Å². The third kappa shape index (κ3) is 9.95. The highest BCUT2D eigenvalue weighted by molar-refractivity contribution is 7.17. The number of carbonyl (C=O) groups is 4. The number of thiophene rings is 1. The first-order chi connectivity index (χ1) is 26.6. The van der Waals surface area contributed by atoms with Crippen molar-refractivity contribution in [3.63, 3.8) is 0 Å². The van der Waals surface area contributed by atoms with Crippen LogP contribution in [0.4, 0.5) is 10.7 Å². The maximum atomic E-state index is 13.9. The van der Waals surface area contributed by atoms with Gasteiger partial charge in [-0.2, -0.15) is 0 Å². The molecule has 0 saturated heterocycles. The van der Waals surface area contributed by atoms with Gasteiger partial charge in [0.15, 0.2) is 0 Å². The molecule has 1 aromatic heterocycles. The van der Waals surface area contributed by atoms with Crippen LogP contribution in [-0.4, -0.2) is 44.9 Å². The normalized spacial score (nSPS) is 12.4. The number of anilines is 2. The van der Waals surface area contributed by atoms with Crippen molar-refractivity contribution in [2.24, 2.45) is 0 Å². The predicted octanol–water partition coefficient (Wildman–Crippen LogP) is 9.50. The Hall–Kier alpha value is -5.58. The Morgan fingerprint density at radius 1 is 0.655 bits per heavy atom. The fraction of sp³-hybridized carbons (Fsp3) is 0.289. The topological polar surface area (TPSA) is 136 Å². The second-order valence-corrected chi connectivity index (χ2v) is 15.2. The first-order valence-electron chi connectivity index (χ1n) is 19.0. The van der Waals surface area contributed by atoms with Crippen molar-refractivity contribution in [2.45, 2.75) is 84.3 Å². The van der Waals surface area contributed by atoms with Crippen LogP contribution in [-0.2, 0) is 38.8 Å². The molecule has 1 heterocycles. The van der Waals surface area contributed by atoms with Crippen LogP contribution >= 0.6 is 11.3 Å². The highest BCUT2D eigenvalue weighted by atomic mass is 32.1. The lowest BCUT2D eigenvalue weighted by Gasteiger charge is -2.31. The smallest absolute Gasteiger partial charge is 0.335 e. The van der Waals surface area contributed by atoms with E-state index < -0.39 is 11.9 Å². The molecule has 1 aliphatic rings. The maximum Gasteiger partial charge on any atom is 0.335 e. The summed E-state index contributed by atoms with van der Waals surface area (Å²) in [6, 6.07) is 29.5. The molecule has 9 nitrogen and oxygen atoms in total. The Morgan fingerprint density at radius 2 is 1.22 bits per heavy atom. The van der Waals surface area contributed by atoms with Crippen molar-refractivity contribution >= 4 is 45.8 Å². The zero-order valence-electron chi connectivity index (χ0n) is 31.3. The standard InChI is InChI=1S/C45H47N3O6S/c1-3-37(4-2)48(28-32-10-8-12-35(26-32)45(53)54)27-31-9-7-11-34(25-31)41(49)47-43-40(38-13-5-6-14-39(38)55-43)42(50)46-36-23-19-30(20-24-36)16-15-29-17-21-33(22-18-29)44(51)52/h7-12,17-26,37H,3-6,13-16,27-28H2,1-2H3,(H,46,50)(H,47,49)(H,51,52)(H,53,54). The van der Waals surface area contributed by atoms with Gasteiger partial charge >= 0.3 is 11.9 Å². The van der Waals surface area contributed by atoms with Gasteiger partial charge in [0, 0.05) is 35.3 Å². The highest BCUT2D eigenvalue weighted by Crippen LogP contribution is 2.39. The van der Waals surface area contributed by atoms with Gasteiger partial charge in [0.25, 0.3) is 11.8 Å². The van der Waals surface area contributed by atoms with E-state index in [1.807, 2.05) is 60.7 Å². The Balaban J connectivity index is 1.15. The number of hydrogen-bond acceptors (Lipinski definition) is 6. The lowest BCUT2D eigenvalue weighted by atomic mass is 9.95. The van der Waals surface area contributed by atoms with Crippen LogP contribution in [0.25, 0.3) is 0 Å². The summed E-state index contributed by atoms with van der Waals surface area (Å²) in [5.74, 6) is -2.42. The third-order valence-electron chi connectivity index (χ3n) is 10.3. The summed E-state index contributed by atoms with van der Waals surface area (Å²) < 4.78 is 0. The second kappa shape index (κ2) is 18.2. The van der Waals surface area contributed by atoms with Gasteiger partial charge in [0.05, 0.1) is 16.7 Å². The van der Waals surface area contributed by atoms with Crippen molar-refractivity contribution in [3.05, 3.63) is 152 Å². The molecule has 6 rings (SSSR count). The van der Waals surface area contributed by atoms with E-state index >= 15 is 0 Å². The van der Waals surface area contributed by atoms with Gasteiger partial charge in [-0.25, -0.2) is 9.59 Å². The third-order valence-corrected chi connectivity index (χ3v) is 11.5. The molecule has 4 N–H and O–H groups in total. The summed E-state index contributed by atoms with van der Waals surface area (Å²) in [4.78, 5) is 54.0. The quantitative estimate of drug-likeness (QED) is 0.0787. The molecular formula is C45H47N3O6S. The zero-order valence-corrected chi connectivity index (χ0v) is 32.1. The molecule has 5 aromatic rings. The minimum absolute atomic E-state index is 0.248. The molecular weight excluding hydrogens is 711 g/mol. The van der Waals surface area contributed by atoms with Crippen LogP contribution < -0.4 is 10.6 Å². The molecule has 0 spiro atoms. The predicted molar refractivity (Wildman–Crippen MR) is 218 cm³/mol. The fourth-order valence-electron chi connectivity index (χ4n) is 7.32. The number of benzene rings is 4. The summed E-state index contributed by atoms with van der Waals surface area (Å²) in [5.41, 5.74) is 7.27. The number of carboxylic acids is 2. The molecule has 4 aromatic carbocycles. The van der Waals surface area contributed by atoms with E-state index in [9.17, 15) is 24.3 Å². The van der Waals surface area contributed by atoms with E-state index in [4.69, 9.17) is 5.11 Å². The van der Waals surface area contributed by atoms with Gasteiger partial charge in [-0.15, -0.1) is 11.3 Å². The molecule has 0 bridgehead atoms. The van der Waals surface area contributed by atoms with Crippen LogP contribution in [0, 0.1) is 0 Å². The monoisotopic (exact) mass is 757 g/mol. The van der Waals surface area contributed by atoms with Crippen molar-refractivity contribution in [1.82, 2.24) is 4.90 Å². The van der Waals surface area contributed by atoms with E-state index in [0.717, 1.165) is 84.1 Å². The van der Waals surface area contributed by atoms with Gasteiger partial charge in [-0.05, 0) is 128 Å². The average Bonchev–Trinajstić information content (AvgIpc) is 3.56. The molecule has 0 fully saturated rings. The van der Waals surface area contributed by atoms with Crippen LogP contribution in [0.2, 0.25) is 0 Å². The number of rotatable bonds is 16. The van der Waals surface area contributed by atoms with E-state index in [2.05, 4.69) is 29.4 Å². The highest BCUT2D eigenvalue weighted by Gasteiger charge is 2.27. The Kier molecular flexibility index (Phi) is 12.9. The number of carboxylic acid groups (broad SMARTS) is 2. The number of nitrogens with one attached hydrogen (secondary N) is 2. The van der Waals surface area contributed by atoms with Gasteiger partial charge in [-0.3, -0.25) is 14.5 Å². The van der Waals surface area contributed by atoms with Gasteiger partial charge in [0.1, 0.15) is 5.00 Å². The van der Waals surface area contributed by atoms with Crippen LogP contribution in [0.5, 0.6) is 0 Å². The minimum Gasteiger partial charge on any atom is -0.478 e. The lowest BCUT2D eigenvalue weighted by molar-refractivity contribution is 0.0686. The number of aryl methyl sites for hydroxylation is 3. The first kappa shape index (κ1) is 39.1. The molecule has 1 aliphatic carbocycles. The zero-order chi connectivity index (χ0) is 38.9. The molecule has 2 amide bonds. The molecule has 0 atom stereocenters. The van der Waals surface area contributed by atoms with E-state index in [1.54, 1.807) is 36.4 Å².